The van der Waals surface area contributed by atoms with Crippen molar-refractivity contribution in [1.82, 2.24) is 10.2 Å². The van der Waals surface area contributed by atoms with Gasteiger partial charge in [0.15, 0.2) is 0 Å². The lowest BCUT2D eigenvalue weighted by Crippen LogP contribution is -2.53. The maximum atomic E-state index is 12.9. The molecule has 2 saturated carbocycles. The highest BCUT2D eigenvalue weighted by molar-refractivity contribution is 4.95. The van der Waals surface area contributed by atoms with Crippen LogP contribution in [-0.4, -0.2) is 42.3 Å². The van der Waals surface area contributed by atoms with Gasteiger partial charge in [0.1, 0.15) is 0 Å². The third-order valence-corrected chi connectivity index (χ3v) is 4.44. The third-order valence-electron chi connectivity index (χ3n) is 4.44. The van der Waals surface area contributed by atoms with E-state index >= 15 is 0 Å². The molecule has 0 amide bonds. The van der Waals surface area contributed by atoms with Crippen LogP contribution in [0.1, 0.15) is 58.3 Å². The van der Waals surface area contributed by atoms with Crippen molar-refractivity contribution in [2.75, 3.05) is 13.1 Å². The quantitative estimate of drug-likeness (QED) is 0.751. The predicted molar refractivity (Wildman–Crippen MR) is 74.7 cm³/mol. The van der Waals surface area contributed by atoms with E-state index in [0.717, 1.165) is 57.9 Å². The number of nitrogens with one attached hydrogen (secondary N) is 1. The largest absolute Gasteiger partial charge is 0.401 e. The van der Waals surface area contributed by atoms with Gasteiger partial charge in [-0.2, -0.15) is 13.2 Å². The summed E-state index contributed by atoms with van der Waals surface area (Å²) >= 11 is 0. The van der Waals surface area contributed by atoms with Gasteiger partial charge in [-0.3, -0.25) is 4.90 Å². The zero-order valence-electron chi connectivity index (χ0n) is 12.4. The minimum Gasteiger partial charge on any atom is -0.312 e. The Morgan fingerprint density at radius 1 is 1.05 bits per heavy atom. The van der Waals surface area contributed by atoms with Crippen molar-refractivity contribution in [3.63, 3.8) is 0 Å². The molecular weight excluding hydrogens is 265 g/mol. The highest BCUT2D eigenvalue weighted by atomic mass is 19.4. The van der Waals surface area contributed by atoms with Crippen LogP contribution in [0.5, 0.6) is 0 Å². The number of rotatable bonds is 6. The minimum atomic E-state index is -4.08. The summed E-state index contributed by atoms with van der Waals surface area (Å²) in [6, 6.07) is 0.476. The second-order valence-corrected chi connectivity index (χ2v) is 6.28. The smallest absolute Gasteiger partial charge is 0.312 e. The third kappa shape index (κ3) is 4.92. The first-order chi connectivity index (χ1) is 9.51. The number of nitrogens with zero attached hydrogens (tertiary/aromatic N) is 1. The minimum absolute atomic E-state index is 0.0678. The fraction of sp³-hybridized carbons (Fsp3) is 1.00. The number of hydrogen-bond donors (Lipinski definition) is 1. The summed E-state index contributed by atoms with van der Waals surface area (Å²) in [6.07, 6.45) is 4.12. The summed E-state index contributed by atoms with van der Waals surface area (Å²) in [6.45, 7) is 2.28. The Morgan fingerprint density at radius 3 is 2.35 bits per heavy atom. The molecule has 20 heavy (non-hydrogen) atoms. The van der Waals surface area contributed by atoms with Crippen LogP contribution in [0.3, 0.4) is 0 Å². The van der Waals surface area contributed by atoms with Gasteiger partial charge >= 0.3 is 6.18 Å². The van der Waals surface area contributed by atoms with Crippen molar-refractivity contribution in [3.05, 3.63) is 0 Å². The normalized spacial score (nSPS) is 28.6. The Kier molecular flexibility index (Phi) is 5.73. The molecule has 0 aromatic rings. The summed E-state index contributed by atoms with van der Waals surface area (Å²) < 4.78 is 38.6. The van der Waals surface area contributed by atoms with E-state index in [4.69, 9.17) is 0 Å². The number of halogens is 3. The lowest BCUT2D eigenvalue weighted by Gasteiger charge is -2.37. The molecule has 0 saturated heterocycles. The molecule has 0 aromatic heterocycles. The zero-order chi connectivity index (χ0) is 14.6. The van der Waals surface area contributed by atoms with E-state index in [1.807, 2.05) is 0 Å². The molecule has 0 heterocycles. The van der Waals surface area contributed by atoms with E-state index in [2.05, 4.69) is 12.2 Å². The van der Waals surface area contributed by atoms with Crippen LogP contribution < -0.4 is 5.32 Å². The molecule has 2 fully saturated rings. The Balaban J connectivity index is 2.05. The number of alkyl halides is 3. The van der Waals surface area contributed by atoms with Crippen molar-refractivity contribution < 1.29 is 13.2 Å². The van der Waals surface area contributed by atoms with Crippen LogP contribution >= 0.6 is 0 Å². The Labute approximate surface area is 120 Å². The SMILES string of the molecule is CCCNC1CCCCCC1N(CC(F)(F)F)C1CC1. The standard InChI is InChI=1S/C15H27F3N2/c1-2-10-19-13-6-4-3-5-7-14(13)20(12-8-9-12)11-15(16,17)18/h12-14,19H,2-11H2,1H3. The molecule has 0 radical (unpaired) electrons. The lowest BCUT2D eigenvalue weighted by molar-refractivity contribution is -0.154. The topological polar surface area (TPSA) is 15.3 Å². The van der Waals surface area contributed by atoms with Gasteiger partial charge in [0.05, 0.1) is 6.54 Å². The zero-order valence-corrected chi connectivity index (χ0v) is 12.4. The molecule has 118 valence electrons. The molecule has 2 aliphatic carbocycles. The first-order valence-corrected chi connectivity index (χ1v) is 8.07. The molecule has 2 unspecified atom stereocenters. The number of hydrogen-bond acceptors (Lipinski definition) is 2. The molecule has 0 aromatic carbocycles. The van der Waals surface area contributed by atoms with Gasteiger partial charge in [0.25, 0.3) is 0 Å². The lowest BCUT2D eigenvalue weighted by atomic mass is 10.0. The molecule has 1 N–H and O–H groups in total. The van der Waals surface area contributed by atoms with Crippen LogP contribution in [0.15, 0.2) is 0 Å². The monoisotopic (exact) mass is 292 g/mol. The highest BCUT2D eigenvalue weighted by Gasteiger charge is 2.43. The van der Waals surface area contributed by atoms with Crippen molar-refractivity contribution in [3.8, 4) is 0 Å². The fourth-order valence-electron chi connectivity index (χ4n) is 3.38. The van der Waals surface area contributed by atoms with Crippen molar-refractivity contribution in [2.24, 2.45) is 0 Å². The van der Waals surface area contributed by atoms with Crippen molar-refractivity contribution >= 4 is 0 Å². The van der Waals surface area contributed by atoms with Gasteiger partial charge in [-0.25, -0.2) is 0 Å². The Hall–Kier alpha value is -0.290. The summed E-state index contributed by atoms with van der Waals surface area (Å²) in [7, 11) is 0. The highest BCUT2D eigenvalue weighted by Crippen LogP contribution is 2.35. The molecule has 2 rings (SSSR count). The van der Waals surface area contributed by atoms with E-state index in [9.17, 15) is 13.2 Å². The van der Waals surface area contributed by atoms with E-state index in [1.54, 1.807) is 4.90 Å². The van der Waals surface area contributed by atoms with E-state index < -0.39 is 12.7 Å². The van der Waals surface area contributed by atoms with Gasteiger partial charge in [-0.15, -0.1) is 0 Å². The summed E-state index contributed by atoms with van der Waals surface area (Å²) in [5, 5.41) is 3.50. The van der Waals surface area contributed by atoms with E-state index in [-0.39, 0.29) is 18.1 Å². The van der Waals surface area contributed by atoms with Gasteiger partial charge < -0.3 is 5.32 Å². The average molecular weight is 292 g/mol. The van der Waals surface area contributed by atoms with Crippen molar-refractivity contribution in [2.45, 2.75) is 82.6 Å². The molecule has 0 spiro atoms. The van der Waals surface area contributed by atoms with Crippen LogP contribution in [0, 0.1) is 0 Å². The average Bonchev–Trinajstić information content (AvgIpc) is 3.19. The Morgan fingerprint density at radius 2 is 1.75 bits per heavy atom. The first-order valence-electron chi connectivity index (χ1n) is 8.07. The Bertz CT molecular complexity index is 289. The van der Waals surface area contributed by atoms with Gasteiger partial charge in [0.2, 0.25) is 0 Å². The fourth-order valence-corrected chi connectivity index (χ4v) is 3.38. The maximum absolute atomic E-state index is 12.9. The maximum Gasteiger partial charge on any atom is 0.401 e. The first kappa shape index (κ1) is 16.1. The molecule has 2 atom stereocenters. The van der Waals surface area contributed by atoms with Crippen molar-refractivity contribution in [1.29, 1.82) is 0 Å². The molecule has 2 aliphatic rings. The molecule has 5 heteroatoms. The van der Waals surface area contributed by atoms with Gasteiger partial charge in [-0.1, -0.05) is 26.2 Å². The summed E-state index contributed by atoms with van der Waals surface area (Å²) in [5.74, 6) is 0. The van der Waals surface area contributed by atoms with E-state index in [0.29, 0.717) is 0 Å². The van der Waals surface area contributed by atoms with Crippen LogP contribution in [0.2, 0.25) is 0 Å². The van der Waals surface area contributed by atoms with Gasteiger partial charge in [0, 0.05) is 18.1 Å². The molecule has 0 bridgehead atoms. The predicted octanol–water partition coefficient (Wildman–Crippen LogP) is 3.71. The van der Waals surface area contributed by atoms with Crippen LogP contribution in [-0.2, 0) is 0 Å². The molecular formula is C15H27F3N2. The molecule has 0 aliphatic heterocycles. The van der Waals surface area contributed by atoms with Crippen LogP contribution in [0.4, 0.5) is 13.2 Å². The van der Waals surface area contributed by atoms with Gasteiger partial charge in [-0.05, 0) is 38.6 Å². The van der Waals surface area contributed by atoms with Crippen LogP contribution in [0.25, 0.3) is 0 Å². The van der Waals surface area contributed by atoms with E-state index in [1.165, 1.54) is 0 Å². The second kappa shape index (κ2) is 7.12. The molecule has 2 nitrogen and oxygen atoms in total. The summed E-state index contributed by atoms with van der Waals surface area (Å²) in [5.41, 5.74) is 0. The summed E-state index contributed by atoms with van der Waals surface area (Å²) in [4.78, 5) is 1.76. The second-order valence-electron chi connectivity index (χ2n) is 6.28.